The quantitative estimate of drug-likeness (QED) is 0.189. The molecule has 5 heterocycles. The molecule has 0 radical (unpaired) electrons. The van der Waals surface area contributed by atoms with Crippen molar-refractivity contribution in [3.63, 3.8) is 0 Å². The van der Waals surface area contributed by atoms with Crippen LogP contribution < -0.4 is 0 Å². The molecule has 8 fully saturated rings. The van der Waals surface area contributed by atoms with Crippen molar-refractivity contribution in [3.8, 4) is 11.6 Å². The van der Waals surface area contributed by atoms with Crippen LogP contribution >= 0.6 is 0 Å². The molecule has 0 N–H and O–H groups in total. The van der Waals surface area contributed by atoms with E-state index in [0.717, 1.165) is 82.2 Å². The smallest absolute Gasteiger partial charge is 0.305 e. The Morgan fingerprint density at radius 2 is 0.918 bits per heavy atom. The van der Waals surface area contributed by atoms with Crippen molar-refractivity contribution >= 4 is 0 Å². The van der Waals surface area contributed by atoms with Gasteiger partial charge in [-0.25, -0.2) is 9.97 Å². The van der Waals surface area contributed by atoms with Crippen LogP contribution in [0.2, 0.25) is 0 Å². The van der Waals surface area contributed by atoms with Crippen molar-refractivity contribution in [2.45, 2.75) is 160 Å². The Hall–Kier alpha value is -3.56. The van der Waals surface area contributed by atoms with Crippen LogP contribution in [0.3, 0.4) is 0 Å². The van der Waals surface area contributed by atoms with Crippen LogP contribution in [0.25, 0.3) is 11.6 Å². The average Bonchev–Trinajstić information content (AvgIpc) is 3.73. The molecular weight excluding hydrogens is 783 g/mol. The maximum Gasteiger partial charge on any atom is 0.432 e. The van der Waals surface area contributed by atoms with Gasteiger partial charge in [-0.1, -0.05) is 27.7 Å². The Morgan fingerprint density at radius 3 is 1.33 bits per heavy atom. The summed E-state index contributed by atoms with van der Waals surface area (Å²) in [7, 11) is 0. The van der Waals surface area contributed by atoms with Gasteiger partial charge in [0.2, 0.25) is 0 Å². The van der Waals surface area contributed by atoms with Crippen molar-refractivity contribution in [2.75, 3.05) is 0 Å². The molecule has 0 atom stereocenters. The lowest BCUT2D eigenvalue weighted by Gasteiger charge is -2.55. The second kappa shape index (κ2) is 12.8. The highest BCUT2D eigenvalue weighted by Crippen LogP contribution is 2.62. The molecule has 13 rings (SSSR count). The van der Waals surface area contributed by atoms with Gasteiger partial charge in [0.15, 0.2) is 0 Å². The molecule has 4 aromatic rings. The van der Waals surface area contributed by atoms with E-state index in [1.165, 1.54) is 44.1 Å². The summed E-state index contributed by atoms with van der Waals surface area (Å²) in [4.78, 5) is 10.6. The van der Waals surface area contributed by atoms with E-state index in [1.807, 2.05) is 33.9 Å². The molecular formula is C51H60F6N4. The van der Waals surface area contributed by atoms with Crippen molar-refractivity contribution in [2.24, 2.45) is 47.3 Å². The minimum atomic E-state index is -5.33. The van der Waals surface area contributed by atoms with Crippen LogP contribution in [-0.4, -0.2) is 19.1 Å². The van der Waals surface area contributed by atoms with Crippen LogP contribution in [0.4, 0.5) is 26.3 Å². The zero-order valence-electron chi connectivity index (χ0n) is 36.9. The highest BCUT2D eigenvalue weighted by atomic mass is 19.4. The zero-order valence-corrected chi connectivity index (χ0v) is 36.9. The molecule has 0 spiro atoms. The van der Waals surface area contributed by atoms with E-state index in [1.54, 1.807) is 19.9 Å². The number of hydrogen-bond donors (Lipinski definition) is 0. The van der Waals surface area contributed by atoms with Gasteiger partial charge in [0.1, 0.15) is 17.3 Å². The number of aromatic nitrogens is 4. The summed E-state index contributed by atoms with van der Waals surface area (Å²) in [6.45, 7) is 15.2. The third kappa shape index (κ3) is 5.83. The molecule has 1 aliphatic heterocycles. The first-order valence-corrected chi connectivity index (χ1v) is 23.2. The summed E-state index contributed by atoms with van der Waals surface area (Å²) in [6.07, 6.45) is 4.49. The van der Waals surface area contributed by atoms with Crippen LogP contribution in [0.15, 0.2) is 36.7 Å². The molecule has 10 heteroatoms. The van der Waals surface area contributed by atoms with Gasteiger partial charge in [-0.05, 0) is 203 Å². The fourth-order valence-corrected chi connectivity index (χ4v) is 15.4. The largest absolute Gasteiger partial charge is 0.432 e. The first-order chi connectivity index (χ1) is 28.5. The number of fused-ring (bicyclic) bond motifs is 10. The number of rotatable bonds is 2. The van der Waals surface area contributed by atoms with Crippen LogP contribution in [0.1, 0.15) is 174 Å². The predicted molar refractivity (Wildman–Crippen MR) is 224 cm³/mol. The molecule has 4 aromatic heterocycles. The third-order valence-electron chi connectivity index (χ3n) is 18.7. The van der Waals surface area contributed by atoms with E-state index < -0.39 is 39.9 Å². The lowest BCUT2D eigenvalue weighted by Crippen LogP contribution is -2.44. The molecule has 8 saturated carbocycles. The van der Waals surface area contributed by atoms with Gasteiger partial charge in [0.05, 0.1) is 17.0 Å². The lowest BCUT2D eigenvalue weighted by atomic mass is 9.50. The Balaban J connectivity index is 1.21. The average molecular weight is 843 g/mol. The molecule has 326 valence electrons. The molecule has 16 bridgehead atoms. The van der Waals surface area contributed by atoms with E-state index >= 15 is 26.3 Å². The van der Waals surface area contributed by atoms with E-state index in [0.29, 0.717) is 47.1 Å². The molecule has 0 unspecified atom stereocenters. The van der Waals surface area contributed by atoms with Crippen LogP contribution in [-0.2, 0) is 28.6 Å². The highest BCUT2D eigenvalue weighted by Gasteiger charge is 2.55. The van der Waals surface area contributed by atoms with E-state index in [4.69, 9.17) is 9.97 Å². The third-order valence-corrected chi connectivity index (χ3v) is 18.7. The summed E-state index contributed by atoms with van der Waals surface area (Å²) in [6, 6.07) is 8.36. The number of pyridine rings is 2. The second-order valence-electron chi connectivity index (χ2n) is 22.8. The molecule has 8 aliphatic carbocycles. The first kappa shape index (κ1) is 40.2. The van der Waals surface area contributed by atoms with Gasteiger partial charge >= 0.3 is 12.4 Å². The van der Waals surface area contributed by atoms with Gasteiger partial charge in [-0.15, -0.1) is 0 Å². The molecule has 0 aromatic carbocycles. The number of nitrogens with zero attached hydrogens (tertiary/aromatic N) is 4. The number of alkyl halides is 6. The maximum absolute atomic E-state index is 15.7. The summed E-state index contributed by atoms with van der Waals surface area (Å²) in [5.74, 6) is 6.13. The van der Waals surface area contributed by atoms with Gasteiger partial charge in [0.25, 0.3) is 0 Å². The summed E-state index contributed by atoms with van der Waals surface area (Å²) < 4.78 is 96.8. The number of hydrogen-bond acceptors (Lipinski definition) is 2. The molecule has 0 amide bonds. The predicted octanol–water partition coefficient (Wildman–Crippen LogP) is 13.7. The fourth-order valence-electron chi connectivity index (χ4n) is 15.4. The first-order valence-electron chi connectivity index (χ1n) is 23.2. The van der Waals surface area contributed by atoms with Crippen LogP contribution in [0.5, 0.6) is 0 Å². The minimum Gasteiger partial charge on any atom is -0.305 e. The molecule has 61 heavy (non-hydrogen) atoms. The standard InChI is InChI=1S/C51H60F6N4/c1-25-26(2)60-23-37(25)48(5,6)49(7,8)38-24-61(46(51(55,56)57)45(38)50(52,53)54)42-22-36(44-33-15-29-10-30(17-33)18-34(44)16-29)20-40(59-42)47(3,4)39-19-35(21-41(60)58-39)43-31-11-27-9-28(13-31)14-32(43)12-27/h19-24,27-34,43-44H,9-18H2,1-8H3. The second-order valence-corrected chi connectivity index (χ2v) is 22.8. The van der Waals surface area contributed by atoms with E-state index in [2.05, 4.69) is 36.6 Å². The van der Waals surface area contributed by atoms with Crippen molar-refractivity contribution in [1.29, 1.82) is 0 Å². The Kier molecular flexibility index (Phi) is 8.44. The van der Waals surface area contributed by atoms with Gasteiger partial charge in [0, 0.05) is 34.3 Å². The monoisotopic (exact) mass is 842 g/mol. The molecule has 4 nitrogen and oxygen atoms in total. The van der Waals surface area contributed by atoms with Gasteiger partial charge in [-0.2, -0.15) is 26.3 Å². The summed E-state index contributed by atoms with van der Waals surface area (Å²) in [5, 5.41) is 0. The zero-order chi connectivity index (χ0) is 43.1. The number of halogens is 6. The van der Waals surface area contributed by atoms with E-state index in [9.17, 15) is 0 Å². The topological polar surface area (TPSA) is 35.6 Å². The Morgan fingerprint density at radius 1 is 0.525 bits per heavy atom. The normalized spacial score (nSPS) is 33.8. The van der Waals surface area contributed by atoms with E-state index in [-0.39, 0.29) is 17.3 Å². The summed E-state index contributed by atoms with van der Waals surface area (Å²) >= 11 is 0. The Labute approximate surface area is 356 Å². The lowest BCUT2D eigenvalue weighted by molar-refractivity contribution is -0.165. The van der Waals surface area contributed by atoms with Crippen LogP contribution in [0, 0.1) is 61.2 Å². The fraction of sp³-hybridized carbons (Fsp3) is 0.647. The SMILES string of the molecule is Cc1c2cn(c1C)-c1cc(C3C4CC5CC(C4)CC3C5)cc(n1)C(C)(C)c1cc(C3C4CC5CC(C4)CC3C5)cc(n1)-n1cc(c(C(F)(F)F)c1C(F)(F)F)C(C)(C)C2(C)C. The van der Waals surface area contributed by atoms with Crippen molar-refractivity contribution in [3.05, 3.63) is 92.8 Å². The van der Waals surface area contributed by atoms with Crippen molar-refractivity contribution in [1.82, 2.24) is 19.1 Å². The van der Waals surface area contributed by atoms with Gasteiger partial charge in [-0.3, -0.25) is 4.57 Å². The molecule has 9 aliphatic rings. The molecule has 0 saturated heterocycles. The maximum atomic E-state index is 15.7. The highest BCUT2D eigenvalue weighted by molar-refractivity contribution is 5.53. The van der Waals surface area contributed by atoms with Gasteiger partial charge < -0.3 is 4.57 Å². The Bertz CT molecular complexity index is 2400. The summed E-state index contributed by atoms with van der Waals surface area (Å²) in [5.41, 5.74) is -1.03. The minimum absolute atomic E-state index is 0.101. The van der Waals surface area contributed by atoms with Crippen molar-refractivity contribution < 1.29 is 26.3 Å².